The molecule has 0 radical (unpaired) electrons. The molecule has 0 saturated carbocycles. The summed E-state index contributed by atoms with van der Waals surface area (Å²) < 4.78 is 13.8. The number of nitrogens with zero attached hydrogens (tertiary/aromatic N) is 1. The second-order valence-electron chi connectivity index (χ2n) is 4.16. The van der Waals surface area contributed by atoms with Crippen LogP contribution >= 0.6 is 0 Å². The molecule has 0 unspecified atom stereocenters. The normalized spacial score (nSPS) is 12.1. The van der Waals surface area contributed by atoms with E-state index in [1.807, 2.05) is 6.92 Å². The van der Waals surface area contributed by atoms with Gasteiger partial charge in [0.15, 0.2) is 0 Å². The van der Waals surface area contributed by atoms with Gasteiger partial charge in [-0.2, -0.15) is 0 Å². The van der Waals surface area contributed by atoms with Crippen LogP contribution in [-0.2, 0) is 4.79 Å². The lowest BCUT2D eigenvalue weighted by atomic mass is 10.1. The van der Waals surface area contributed by atoms with Gasteiger partial charge in [-0.05, 0) is 19.9 Å². The first-order valence-corrected chi connectivity index (χ1v) is 5.91. The number of likely N-dealkylation sites (N-methyl/N-ethyl adjacent to an activating group) is 2. The molecule has 0 fully saturated rings. The molecule has 1 aromatic rings. The topological polar surface area (TPSA) is 52.6 Å². The highest BCUT2D eigenvalue weighted by molar-refractivity contribution is 5.81. The molecule has 0 bridgehead atoms. The number of para-hydroxylation sites is 1. The van der Waals surface area contributed by atoms with Crippen molar-refractivity contribution in [3.8, 4) is 0 Å². The van der Waals surface area contributed by atoms with E-state index in [4.69, 9.17) is 0 Å². The van der Waals surface area contributed by atoms with Gasteiger partial charge in [-0.3, -0.25) is 4.79 Å². The highest BCUT2D eigenvalue weighted by Gasteiger charge is 2.17. The maximum Gasteiger partial charge on any atom is 0.239 e. The van der Waals surface area contributed by atoms with Crippen molar-refractivity contribution in [2.75, 3.05) is 25.0 Å². The SMILES string of the molecule is CCNC(=O)CN(C)c1c(F)cccc1[C@@H](C)O. The molecule has 1 atom stereocenters. The molecule has 0 aliphatic heterocycles. The number of nitrogens with one attached hydrogen (secondary N) is 1. The lowest BCUT2D eigenvalue weighted by molar-refractivity contribution is -0.119. The molecule has 0 heterocycles. The van der Waals surface area contributed by atoms with E-state index >= 15 is 0 Å². The Balaban J connectivity index is 2.97. The fourth-order valence-corrected chi connectivity index (χ4v) is 1.82. The number of halogens is 1. The molecule has 1 rings (SSSR count). The molecule has 0 aliphatic rings. The number of carbonyl (C=O) groups is 1. The zero-order valence-corrected chi connectivity index (χ0v) is 10.9. The van der Waals surface area contributed by atoms with Crippen LogP contribution in [0, 0.1) is 5.82 Å². The van der Waals surface area contributed by atoms with Gasteiger partial charge in [-0.15, -0.1) is 0 Å². The second-order valence-corrected chi connectivity index (χ2v) is 4.16. The van der Waals surface area contributed by atoms with Crippen LogP contribution in [0.15, 0.2) is 18.2 Å². The molecule has 5 heteroatoms. The minimum atomic E-state index is -0.785. The molecular formula is C13H19FN2O2. The van der Waals surface area contributed by atoms with Gasteiger partial charge < -0.3 is 15.3 Å². The quantitative estimate of drug-likeness (QED) is 0.836. The summed E-state index contributed by atoms with van der Waals surface area (Å²) in [6, 6.07) is 4.51. The number of carbonyl (C=O) groups excluding carboxylic acids is 1. The zero-order chi connectivity index (χ0) is 13.7. The Labute approximate surface area is 106 Å². The molecule has 1 aromatic carbocycles. The number of benzene rings is 1. The first-order chi connectivity index (χ1) is 8.47. The van der Waals surface area contributed by atoms with Crippen molar-refractivity contribution in [3.63, 3.8) is 0 Å². The lowest BCUT2D eigenvalue weighted by Crippen LogP contribution is -2.35. The van der Waals surface area contributed by atoms with Crippen molar-refractivity contribution in [1.29, 1.82) is 0 Å². The van der Waals surface area contributed by atoms with E-state index in [9.17, 15) is 14.3 Å². The van der Waals surface area contributed by atoms with Gasteiger partial charge >= 0.3 is 0 Å². The van der Waals surface area contributed by atoms with Crippen molar-refractivity contribution in [3.05, 3.63) is 29.6 Å². The Morgan fingerprint density at radius 1 is 1.56 bits per heavy atom. The van der Waals surface area contributed by atoms with Crippen molar-refractivity contribution in [2.45, 2.75) is 20.0 Å². The fourth-order valence-electron chi connectivity index (χ4n) is 1.82. The molecule has 18 heavy (non-hydrogen) atoms. The third-order valence-corrected chi connectivity index (χ3v) is 2.60. The van der Waals surface area contributed by atoms with Crippen LogP contribution < -0.4 is 10.2 Å². The molecule has 0 aromatic heterocycles. The average Bonchev–Trinajstić information content (AvgIpc) is 2.28. The Morgan fingerprint density at radius 2 is 2.22 bits per heavy atom. The molecule has 0 spiro atoms. The summed E-state index contributed by atoms with van der Waals surface area (Å²) >= 11 is 0. The fraction of sp³-hybridized carbons (Fsp3) is 0.462. The van der Waals surface area contributed by atoms with E-state index in [1.54, 1.807) is 26.1 Å². The van der Waals surface area contributed by atoms with Crippen molar-refractivity contribution in [2.24, 2.45) is 0 Å². The summed E-state index contributed by atoms with van der Waals surface area (Å²) in [7, 11) is 1.62. The van der Waals surface area contributed by atoms with E-state index < -0.39 is 11.9 Å². The highest BCUT2D eigenvalue weighted by atomic mass is 19.1. The van der Waals surface area contributed by atoms with Gasteiger partial charge in [0.1, 0.15) is 5.82 Å². The minimum absolute atomic E-state index is 0.0501. The summed E-state index contributed by atoms with van der Waals surface area (Å²) in [5, 5.41) is 12.3. The molecule has 2 N–H and O–H groups in total. The lowest BCUT2D eigenvalue weighted by Gasteiger charge is -2.23. The van der Waals surface area contributed by atoms with E-state index in [-0.39, 0.29) is 18.1 Å². The van der Waals surface area contributed by atoms with Crippen LogP contribution in [0.1, 0.15) is 25.5 Å². The van der Waals surface area contributed by atoms with E-state index in [1.165, 1.54) is 11.0 Å². The average molecular weight is 254 g/mol. The summed E-state index contributed by atoms with van der Waals surface area (Å²) in [5.41, 5.74) is 0.737. The van der Waals surface area contributed by atoms with Gasteiger partial charge in [0.2, 0.25) is 5.91 Å². The number of anilines is 1. The summed E-state index contributed by atoms with van der Waals surface area (Å²) in [6.07, 6.45) is -0.785. The number of amides is 1. The standard InChI is InChI=1S/C13H19FN2O2/c1-4-15-12(18)8-16(3)13-10(9(2)17)6-5-7-11(13)14/h5-7,9,17H,4,8H2,1-3H3,(H,15,18)/t9-/m1/s1. The largest absolute Gasteiger partial charge is 0.389 e. The van der Waals surface area contributed by atoms with E-state index in [0.717, 1.165) is 0 Å². The van der Waals surface area contributed by atoms with Gasteiger partial charge in [-0.25, -0.2) is 4.39 Å². The molecule has 0 saturated heterocycles. The highest BCUT2D eigenvalue weighted by Crippen LogP contribution is 2.28. The summed E-state index contributed by atoms with van der Waals surface area (Å²) in [6.45, 7) is 3.97. The maximum absolute atomic E-state index is 13.8. The first kappa shape index (κ1) is 14.4. The van der Waals surface area contributed by atoms with Gasteiger partial charge in [0.25, 0.3) is 0 Å². The monoisotopic (exact) mass is 254 g/mol. The van der Waals surface area contributed by atoms with Gasteiger partial charge in [-0.1, -0.05) is 12.1 Å². The number of aliphatic hydroxyl groups is 1. The van der Waals surface area contributed by atoms with Crippen LogP contribution in [-0.4, -0.2) is 31.2 Å². The van der Waals surface area contributed by atoms with Gasteiger partial charge in [0.05, 0.1) is 18.3 Å². The summed E-state index contributed by atoms with van der Waals surface area (Å²) in [5.74, 6) is -0.625. The van der Waals surface area contributed by atoms with E-state index in [0.29, 0.717) is 12.1 Å². The molecule has 0 aliphatic carbocycles. The maximum atomic E-state index is 13.8. The second kappa shape index (κ2) is 6.35. The Kier molecular flexibility index (Phi) is 5.09. The van der Waals surface area contributed by atoms with E-state index in [2.05, 4.69) is 5.32 Å². The van der Waals surface area contributed by atoms with Crippen LogP contribution in [0.5, 0.6) is 0 Å². The number of hydrogen-bond acceptors (Lipinski definition) is 3. The Bertz CT molecular complexity index is 421. The number of hydrogen-bond donors (Lipinski definition) is 2. The molecule has 100 valence electrons. The Morgan fingerprint density at radius 3 is 2.78 bits per heavy atom. The van der Waals surface area contributed by atoms with Crippen molar-refractivity contribution >= 4 is 11.6 Å². The van der Waals surface area contributed by atoms with Crippen LogP contribution in [0.3, 0.4) is 0 Å². The Hall–Kier alpha value is -1.62. The molecule has 4 nitrogen and oxygen atoms in total. The van der Waals surface area contributed by atoms with Crippen LogP contribution in [0.25, 0.3) is 0 Å². The van der Waals surface area contributed by atoms with Crippen LogP contribution in [0.4, 0.5) is 10.1 Å². The van der Waals surface area contributed by atoms with Crippen molar-refractivity contribution < 1.29 is 14.3 Å². The predicted molar refractivity (Wildman–Crippen MR) is 69.0 cm³/mol. The molecular weight excluding hydrogens is 235 g/mol. The predicted octanol–water partition coefficient (Wildman–Crippen LogP) is 1.45. The third kappa shape index (κ3) is 3.43. The third-order valence-electron chi connectivity index (χ3n) is 2.60. The smallest absolute Gasteiger partial charge is 0.239 e. The number of aliphatic hydroxyl groups excluding tert-OH is 1. The summed E-state index contributed by atoms with van der Waals surface area (Å²) in [4.78, 5) is 13.0. The number of rotatable bonds is 5. The first-order valence-electron chi connectivity index (χ1n) is 5.91. The zero-order valence-electron chi connectivity index (χ0n) is 10.9. The van der Waals surface area contributed by atoms with Crippen molar-refractivity contribution in [1.82, 2.24) is 5.32 Å². The minimum Gasteiger partial charge on any atom is -0.389 e. The molecule has 1 amide bonds. The van der Waals surface area contributed by atoms with Gasteiger partial charge in [0, 0.05) is 19.2 Å². The van der Waals surface area contributed by atoms with Crippen LogP contribution in [0.2, 0.25) is 0 Å².